The molecule has 1 aliphatic carbocycles. The first-order chi connectivity index (χ1) is 12.6. The van der Waals surface area contributed by atoms with Gasteiger partial charge in [0.2, 0.25) is 17.8 Å². The van der Waals surface area contributed by atoms with Gasteiger partial charge in [0, 0.05) is 51.7 Å². The highest BCUT2D eigenvalue weighted by molar-refractivity contribution is 5.92. The van der Waals surface area contributed by atoms with Crippen LogP contribution in [0.25, 0.3) is 0 Å². The van der Waals surface area contributed by atoms with Gasteiger partial charge in [0.25, 0.3) is 0 Å². The summed E-state index contributed by atoms with van der Waals surface area (Å²) in [6, 6.07) is 1.80. The molecule has 2 amide bonds. The van der Waals surface area contributed by atoms with Crippen LogP contribution in [0.15, 0.2) is 18.5 Å². The number of carbonyl (C=O) groups excluding carboxylic acids is 2. The molecule has 26 heavy (non-hydrogen) atoms. The summed E-state index contributed by atoms with van der Waals surface area (Å²) in [5, 5.41) is 0. The number of likely N-dealkylation sites (tertiary alicyclic amines) is 1. The predicted octanol–water partition coefficient (Wildman–Crippen LogP) is 1.02. The predicted molar refractivity (Wildman–Crippen MR) is 97.4 cm³/mol. The van der Waals surface area contributed by atoms with Gasteiger partial charge in [-0.2, -0.15) is 0 Å². The minimum absolute atomic E-state index is 0.0774. The van der Waals surface area contributed by atoms with Crippen molar-refractivity contribution in [3.63, 3.8) is 0 Å². The normalized spacial score (nSPS) is 26.7. The molecular weight excluding hydrogens is 330 g/mol. The first-order valence-corrected chi connectivity index (χ1v) is 9.73. The SMILES string of the molecule is CC1CCN(C(=O)C2CC2C(=O)N2CCN(c3ncccn3)CC2)CC1. The maximum atomic E-state index is 12.8. The number of piperazine rings is 1. The number of nitrogens with zero attached hydrogens (tertiary/aromatic N) is 5. The van der Waals surface area contributed by atoms with Crippen LogP contribution in [0.4, 0.5) is 5.95 Å². The van der Waals surface area contributed by atoms with Crippen molar-refractivity contribution in [1.82, 2.24) is 19.8 Å². The summed E-state index contributed by atoms with van der Waals surface area (Å²) in [6.45, 7) is 6.79. The number of piperidine rings is 1. The summed E-state index contributed by atoms with van der Waals surface area (Å²) in [5.41, 5.74) is 0. The largest absolute Gasteiger partial charge is 0.342 e. The standard InChI is InChI=1S/C19H27N5O2/c1-14-3-7-22(8-4-14)17(25)15-13-16(15)18(26)23-9-11-24(12-10-23)19-20-5-2-6-21-19/h2,5-6,14-16H,3-4,7-13H2,1H3. The van der Waals surface area contributed by atoms with E-state index in [9.17, 15) is 9.59 Å². The Hall–Kier alpha value is -2.18. The first kappa shape index (κ1) is 17.2. The van der Waals surface area contributed by atoms with Crippen LogP contribution in [0, 0.1) is 17.8 Å². The third-order valence-corrected chi connectivity index (χ3v) is 5.95. The van der Waals surface area contributed by atoms with E-state index < -0.39 is 0 Å². The average Bonchev–Trinajstić information content (AvgIpc) is 3.49. The van der Waals surface area contributed by atoms with Gasteiger partial charge in [-0.15, -0.1) is 0 Å². The quantitative estimate of drug-likeness (QED) is 0.808. The molecule has 3 fully saturated rings. The highest BCUT2D eigenvalue weighted by Gasteiger charge is 2.51. The maximum absolute atomic E-state index is 12.8. The van der Waals surface area contributed by atoms with Crippen molar-refractivity contribution in [2.75, 3.05) is 44.2 Å². The van der Waals surface area contributed by atoms with Gasteiger partial charge in [-0.05, 0) is 31.2 Å². The summed E-state index contributed by atoms with van der Waals surface area (Å²) >= 11 is 0. The van der Waals surface area contributed by atoms with Crippen molar-refractivity contribution >= 4 is 17.8 Å². The molecule has 3 aliphatic rings. The second-order valence-electron chi connectivity index (χ2n) is 7.82. The average molecular weight is 357 g/mol. The Kier molecular flexibility index (Phi) is 4.78. The third-order valence-electron chi connectivity index (χ3n) is 5.95. The third kappa shape index (κ3) is 3.52. The molecule has 0 N–H and O–H groups in total. The molecule has 0 bridgehead atoms. The molecule has 1 aromatic rings. The van der Waals surface area contributed by atoms with Gasteiger partial charge in [0.05, 0.1) is 11.8 Å². The molecule has 0 aromatic carbocycles. The van der Waals surface area contributed by atoms with Crippen LogP contribution in [0.3, 0.4) is 0 Å². The molecule has 2 unspecified atom stereocenters. The van der Waals surface area contributed by atoms with Gasteiger partial charge in [-0.1, -0.05) is 6.92 Å². The lowest BCUT2D eigenvalue weighted by atomic mass is 9.99. The summed E-state index contributed by atoms with van der Waals surface area (Å²) in [5.74, 6) is 1.61. The zero-order valence-electron chi connectivity index (χ0n) is 15.4. The van der Waals surface area contributed by atoms with E-state index in [2.05, 4.69) is 21.8 Å². The summed E-state index contributed by atoms with van der Waals surface area (Å²) in [6.07, 6.45) is 6.37. The van der Waals surface area contributed by atoms with E-state index in [1.807, 2.05) is 9.80 Å². The van der Waals surface area contributed by atoms with Crippen LogP contribution in [0.1, 0.15) is 26.2 Å². The fourth-order valence-electron chi connectivity index (χ4n) is 4.02. The highest BCUT2D eigenvalue weighted by atomic mass is 16.2. The van der Waals surface area contributed by atoms with E-state index in [0.717, 1.165) is 51.4 Å². The Labute approximate surface area is 154 Å². The van der Waals surface area contributed by atoms with Gasteiger partial charge < -0.3 is 14.7 Å². The number of anilines is 1. The van der Waals surface area contributed by atoms with E-state index in [-0.39, 0.29) is 23.7 Å². The first-order valence-electron chi connectivity index (χ1n) is 9.73. The van der Waals surface area contributed by atoms with E-state index in [1.165, 1.54) is 0 Å². The van der Waals surface area contributed by atoms with Crippen LogP contribution < -0.4 is 4.90 Å². The molecule has 140 valence electrons. The Balaban J connectivity index is 1.27. The molecular formula is C19H27N5O2. The molecule has 7 nitrogen and oxygen atoms in total. The molecule has 0 radical (unpaired) electrons. The highest BCUT2D eigenvalue weighted by Crippen LogP contribution is 2.42. The van der Waals surface area contributed by atoms with Crippen LogP contribution in [-0.2, 0) is 9.59 Å². The zero-order chi connectivity index (χ0) is 18.1. The van der Waals surface area contributed by atoms with Crippen molar-refractivity contribution in [2.45, 2.75) is 26.2 Å². The van der Waals surface area contributed by atoms with Crippen molar-refractivity contribution in [2.24, 2.45) is 17.8 Å². The summed E-state index contributed by atoms with van der Waals surface area (Å²) in [4.78, 5) is 39.9. The number of carbonyl (C=O) groups is 2. The van der Waals surface area contributed by atoms with Crippen LogP contribution in [-0.4, -0.2) is 70.9 Å². The number of aromatic nitrogens is 2. The second kappa shape index (κ2) is 7.21. The Bertz CT molecular complexity index is 651. The smallest absolute Gasteiger partial charge is 0.226 e. The van der Waals surface area contributed by atoms with Gasteiger partial charge in [-0.3, -0.25) is 9.59 Å². The van der Waals surface area contributed by atoms with Crippen molar-refractivity contribution in [1.29, 1.82) is 0 Å². The molecule has 4 rings (SSSR count). The number of hydrogen-bond donors (Lipinski definition) is 0. The van der Waals surface area contributed by atoms with Crippen molar-refractivity contribution < 1.29 is 9.59 Å². The van der Waals surface area contributed by atoms with E-state index in [4.69, 9.17) is 0 Å². The zero-order valence-corrected chi connectivity index (χ0v) is 15.4. The lowest BCUT2D eigenvalue weighted by molar-refractivity contribution is -0.138. The lowest BCUT2D eigenvalue weighted by Gasteiger charge is -2.35. The topological polar surface area (TPSA) is 69.6 Å². The van der Waals surface area contributed by atoms with E-state index in [1.54, 1.807) is 18.5 Å². The molecule has 1 saturated carbocycles. The van der Waals surface area contributed by atoms with Crippen molar-refractivity contribution in [3.8, 4) is 0 Å². The van der Waals surface area contributed by atoms with E-state index >= 15 is 0 Å². The lowest BCUT2D eigenvalue weighted by Crippen LogP contribution is -2.50. The fraction of sp³-hybridized carbons (Fsp3) is 0.684. The Morgan fingerprint density at radius 3 is 2.00 bits per heavy atom. The monoisotopic (exact) mass is 357 g/mol. The van der Waals surface area contributed by atoms with Crippen molar-refractivity contribution in [3.05, 3.63) is 18.5 Å². The Morgan fingerprint density at radius 1 is 0.885 bits per heavy atom. The van der Waals surface area contributed by atoms with Gasteiger partial charge in [0.1, 0.15) is 0 Å². The maximum Gasteiger partial charge on any atom is 0.226 e. The molecule has 2 saturated heterocycles. The molecule has 2 aliphatic heterocycles. The van der Waals surface area contributed by atoms with Gasteiger partial charge >= 0.3 is 0 Å². The van der Waals surface area contributed by atoms with Crippen LogP contribution in [0.5, 0.6) is 0 Å². The molecule has 0 spiro atoms. The van der Waals surface area contributed by atoms with Crippen LogP contribution in [0.2, 0.25) is 0 Å². The minimum atomic E-state index is -0.0959. The minimum Gasteiger partial charge on any atom is -0.342 e. The summed E-state index contributed by atoms with van der Waals surface area (Å²) < 4.78 is 0. The van der Waals surface area contributed by atoms with Crippen LogP contribution >= 0.6 is 0 Å². The molecule has 7 heteroatoms. The number of amides is 2. The summed E-state index contributed by atoms with van der Waals surface area (Å²) in [7, 11) is 0. The molecule has 3 heterocycles. The Morgan fingerprint density at radius 2 is 1.42 bits per heavy atom. The van der Waals surface area contributed by atoms with Gasteiger partial charge in [-0.25, -0.2) is 9.97 Å². The fourth-order valence-corrected chi connectivity index (χ4v) is 4.02. The molecule has 2 atom stereocenters. The van der Waals surface area contributed by atoms with Gasteiger partial charge in [0.15, 0.2) is 0 Å². The molecule has 1 aromatic heterocycles. The number of rotatable bonds is 3. The number of hydrogen-bond acceptors (Lipinski definition) is 5. The second-order valence-corrected chi connectivity index (χ2v) is 7.82. The van der Waals surface area contributed by atoms with E-state index in [0.29, 0.717) is 19.0 Å².